The third-order valence-corrected chi connectivity index (χ3v) is 13.2. The first-order valence-electron chi connectivity index (χ1n) is 14.2. The number of aliphatic hydroxyl groups is 3. The SMILES string of the molecule is CC(C)(O)[C@@H]1CC[C@@](C)([C@H]2C[C@@H](O)[C@]3(C)[C@@H]2CC[C@@H]2[C@@]4(C)CCC(=O)C(C)(C)[C@@H]4C[C@H](O)[C@]23C)O1. The highest BCUT2D eigenvalue weighted by Gasteiger charge is 2.74. The first kappa shape index (κ1) is 26.1. The highest BCUT2D eigenvalue weighted by molar-refractivity contribution is 5.85. The van der Waals surface area contributed by atoms with E-state index in [9.17, 15) is 20.1 Å². The Bertz CT molecular complexity index is 892. The Morgan fingerprint density at radius 1 is 0.829 bits per heavy atom. The number of Topliss-reactive ketones (excluding diaryl/α,β-unsaturated/α-hetero) is 1. The molecule has 35 heavy (non-hydrogen) atoms. The fourth-order valence-corrected chi connectivity index (χ4v) is 10.9. The van der Waals surface area contributed by atoms with E-state index in [0.717, 1.165) is 32.1 Å². The molecule has 1 heterocycles. The number of hydrogen-bond acceptors (Lipinski definition) is 5. The molecule has 0 amide bonds. The van der Waals surface area contributed by atoms with Gasteiger partial charge >= 0.3 is 0 Å². The highest BCUT2D eigenvalue weighted by atomic mass is 16.5. The van der Waals surface area contributed by atoms with Gasteiger partial charge in [0.1, 0.15) is 5.78 Å². The smallest absolute Gasteiger partial charge is 0.138 e. The molecule has 0 aromatic carbocycles. The largest absolute Gasteiger partial charge is 0.393 e. The second kappa shape index (κ2) is 7.55. The molecule has 0 aromatic heterocycles. The Morgan fingerprint density at radius 3 is 2.06 bits per heavy atom. The lowest BCUT2D eigenvalue weighted by atomic mass is 9.34. The van der Waals surface area contributed by atoms with Gasteiger partial charge in [-0.05, 0) is 94.8 Å². The lowest BCUT2D eigenvalue weighted by Gasteiger charge is -2.70. The lowest BCUT2D eigenvalue weighted by molar-refractivity contribution is -0.264. The van der Waals surface area contributed by atoms with Crippen molar-refractivity contribution in [1.82, 2.24) is 0 Å². The molecule has 5 fully saturated rings. The molecule has 5 heteroatoms. The Labute approximate surface area is 212 Å². The molecule has 0 aromatic rings. The van der Waals surface area contributed by atoms with E-state index in [0.29, 0.717) is 25.0 Å². The lowest BCUT2D eigenvalue weighted by Crippen LogP contribution is -2.69. The van der Waals surface area contributed by atoms with Gasteiger partial charge in [0.25, 0.3) is 0 Å². The summed E-state index contributed by atoms with van der Waals surface area (Å²) in [6, 6.07) is 0. The van der Waals surface area contributed by atoms with Crippen molar-refractivity contribution in [3.8, 4) is 0 Å². The van der Waals surface area contributed by atoms with Gasteiger partial charge in [-0.15, -0.1) is 0 Å². The summed E-state index contributed by atoms with van der Waals surface area (Å²) < 4.78 is 6.62. The van der Waals surface area contributed by atoms with Crippen LogP contribution < -0.4 is 0 Å². The molecular weight excluding hydrogens is 440 g/mol. The summed E-state index contributed by atoms with van der Waals surface area (Å²) in [4.78, 5) is 12.9. The molecule has 200 valence electrons. The summed E-state index contributed by atoms with van der Waals surface area (Å²) in [7, 11) is 0. The number of aliphatic hydroxyl groups excluding tert-OH is 2. The second-order valence-corrected chi connectivity index (χ2v) is 15.2. The van der Waals surface area contributed by atoms with Gasteiger partial charge in [-0.1, -0.05) is 34.6 Å². The van der Waals surface area contributed by atoms with Crippen molar-refractivity contribution in [1.29, 1.82) is 0 Å². The van der Waals surface area contributed by atoms with Crippen molar-refractivity contribution in [2.45, 2.75) is 136 Å². The zero-order valence-corrected chi connectivity index (χ0v) is 23.4. The minimum absolute atomic E-state index is 0.0169. The van der Waals surface area contributed by atoms with Crippen LogP contribution >= 0.6 is 0 Å². The minimum atomic E-state index is -0.879. The van der Waals surface area contributed by atoms with E-state index in [1.165, 1.54) is 0 Å². The first-order chi connectivity index (χ1) is 15.9. The normalized spacial score (nSPS) is 55.9. The average molecular weight is 491 g/mol. The minimum Gasteiger partial charge on any atom is -0.393 e. The fourth-order valence-electron chi connectivity index (χ4n) is 10.9. The molecule has 5 aliphatic rings. The number of carbonyl (C=O) groups excluding carboxylic acids is 1. The van der Waals surface area contributed by atoms with Gasteiger partial charge < -0.3 is 20.1 Å². The molecule has 5 nitrogen and oxygen atoms in total. The van der Waals surface area contributed by atoms with Crippen molar-refractivity contribution in [2.24, 2.45) is 45.3 Å². The maximum atomic E-state index is 12.9. The maximum absolute atomic E-state index is 12.9. The number of carbonyl (C=O) groups is 1. The van der Waals surface area contributed by atoms with Gasteiger partial charge in [-0.3, -0.25) is 4.79 Å². The van der Waals surface area contributed by atoms with Crippen LogP contribution in [-0.4, -0.2) is 50.6 Å². The van der Waals surface area contributed by atoms with Gasteiger partial charge in [0.2, 0.25) is 0 Å². The summed E-state index contributed by atoms with van der Waals surface area (Å²) in [6.07, 6.45) is 5.38. The predicted octanol–water partition coefficient (Wildman–Crippen LogP) is 4.89. The van der Waals surface area contributed by atoms with Crippen LogP contribution in [0.25, 0.3) is 0 Å². The fraction of sp³-hybridized carbons (Fsp3) is 0.967. The maximum Gasteiger partial charge on any atom is 0.138 e. The zero-order valence-electron chi connectivity index (χ0n) is 23.4. The van der Waals surface area contributed by atoms with E-state index in [1.54, 1.807) is 0 Å². The monoisotopic (exact) mass is 490 g/mol. The van der Waals surface area contributed by atoms with Crippen LogP contribution in [0.2, 0.25) is 0 Å². The average Bonchev–Trinajstić information content (AvgIpc) is 3.28. The standard InChI is InChI=1S/C30H50O5/c1-25(2)20-16-23(33)30(8)19(27(20,5)13-11-21(25)31)10-9-17-18(15-22(32)29(17,30)7)28(6)14-12-24(35-28)26(3,4)34/h17-20,22-24,32-34H,9-16H2,1-8H3/t17-,18+,19-,20+,22-,23+,24+,27-,28+,29+,30+/m1/s1. The Kier molecular flexibility index (Phi) is 5.63. The number of hydrogen-bond donors (Lipinski definition) is 3. The molecule has 4 aliphatic carbocycles. The first-order valence-corrected chi connectivity index (χ1v) is 14.2. The molecule has 0 unspecified atom stereocenters. The number of ketones is 1. The topological polar surface area (TPSA) is 87.0 Å². The van der Waals surface area contributed by atoms with Crippen molar-refractivity contribution >= 4 is 5.78 Å². The number of rotatable bonds is 2. The predicted molar refractivity (Wildman–Crippen MR) is 136 cm³/mol. The van der Waals surface area contributed by atoms with Crippen LogP contribution in [-0.2, 0) is 9.53 Å². The van der Waals surface area contributed by atoms with Gasteiger partial charge in [0.05, 0.1) is 29.5 Å². The molecule has 0 bridgehead atoms. The molecule has 1 saturated heterocycles. The van der Waals surface area contributed by atoms with E-state index in [1.807, 2.05) is 13.8 Å². The van der Waals surface area contributed by atoms with E-state index >= 15 is 0 Å². The second-order valence-electron chi connectivity index (χ2n) is 15.2. The molecule has 3 N–H and O–H groups in total. The van der Waals surface area contributed by atoms with Crippen LogP contribution in [0.15, 0.2) is 0 Å². The Hall–Kier alpha value is -0.490. The molecule has 5 rings (SSSR count). The van der Waals surface area contributed by atoms with Crippen molar-refractivity contribution in [3.63, 3.8) is 0 Å². The van der Waals surface area contributed by atoms with E-state index in [4.69, 9.17) is 4.74 Å². The summed E-state index contributed by atoms with van der Waals surface area (Å²) in [5.41, 5.74) is -2.52. The van der Waals surface area contributed by atoms with E-state index in [-0.39, 0.29) is 40.8 Å². The third-order valence-electron chi connectivity index (χ3n) is 13.2. The van der Waals surface area contributed by atoms with Crippen molar-refractivity contribution in [2.75, 3.05) is 0 Å². The zero-order chi connectivity index (χ0) is 26.0. The molecule has 0 spiro atoms. The highest BCUT2D eigenvalue weighted by Crippen LogP contribution is 2.75. The van der Waals surface area contributed by atoms with Crippen LogP contribution in [0.4, 0.5) is 0 Å². The third kappa shape index (κ3) is 3.17. The molecule has 4 saturated carbocycles. The summed E-state index contributed by atoms with van der Waals surface area (Å²) in [5, 5.41) is 34.4. The van der Waals surface area contributed by atoms with E-state index < -0.39 is 34.1 Å². The van der Waals surface area contributed by atoms with Crippen molar-refractivity contribution < 1.29 is 24.9 Å². The number of fused-ring (bicyclic) bond motifs is 5. The number of ether oxygens (including phenoxy) is 1. The van der Waals surface area contributed by atoms with Gasteiger partial charge in [0.15, 0.2) is 0 Å². The van der Waals surface area contributed by atoms with Crippen LogP contribution in [0, 0.1) is 45.3 Å². The van der Waals surface area contributed by atoms with Gasteiger partial charge in [0, 0.05) is 22.7 Å². The van der Waals surface area contributed by atoms with Crippen LogP contribution in [0.1, 0.15) is 107 Å². The summed E-state index contributed by atoms with van der Waals surface area (Å²) in [6.45, 7) is 17.0. The molecule has 11 atom stereocenters. The van der Waals surface area contributed by atoms with Gasteiger partial charge in [-0.2, -0.15) is 0 Å². The Morgan fingerprint density at radius 2 is 1.46 bits per heavy atom. The van der Waals surface area contributed by atoms with Gasteiger partial charge in [-0.25, -0.2) is 0 Å². The van der Waals surface area contributed by atoms with Crippen LogP contribution in [0.3, 0.4) is 0 Å². The molecule has 0 radical (unpaired) electrons. The molecular formula is C30H50O5. The molecule has 1 aliphatic heterocycles. The summed E-state index contributed by atoms with van der Waals surface area (Å²) in [5.74, 6) is 1.24. The summed E-state index contributed by atoms with van der Waals surface area (Å²) >= 11 is 0. The van der Waals surface area contributed by atoms with Crippen LogP contribution in [0.5, 0.6) is 0 Å². The quantitative estimate of drug-likeness (QED) is 0.513. The Balaban J connectivity index is 1.52. The van der Waals surface area contributed by atoms with E-state index in [2.05, 4.69) is 41.5 Å². The van der Waals surface area contributed by atoms with Crippen molar-refractivity contribution in [3.05, 3.63) is 0 Å².